The fourth-order valence-electron chi connectivity index (χ4n) is 1.41. The minimum Gasteiger partial charge on any atom is -0.493 e. The van der Waals surface area contributed by atoms with E-state index in [-0.39, 0.29) is 18.6 Å². The first kappa shape index (κ1) is 15.2. The van der Waals surface area contributed by atoms with Crippen LogP contribution in [0.15, 0.2) is 29.8 Å². The number of ether oxygens (including phenoxy) is 1. The number of hydrogen-bond donors (Lipinski definition) is 2. The van der Waals surface area contributed by atoms with Crippen molar-refractivity contribution in [3.05, 3.63) is 35.4 Å². The van der Waals surface area contributed by atoms with Gasteiger partial charge in [0, 0.05) is 7.05 Å². The number of benzene rings is 1. The second-order valence-corrected chi connectivity index (χ2v) is 3.89. The molecule has 1 rings (SSSR count). The first-order valence-corrected chi connectivity index (χ1v) is 5.92. The Hall–Kier alpha value is -2.81. The summed E-state index contributed by atoms with van der Waals surface area (Å²) in [6.07, 6.45) is 1.58. The average Bonchev–Trinajstić information content (AvgIpc) is 2.44. The molecule has 0 saturated heterocycles. The predicted molar refractivity (Wildman–Crippen MR) is 73.4 cm³/mol. The Balaban J connectivity index is 2.82. The van der Waals surface area contributed by atoms with Gasteiger partial charge < -0.3 is 15.8 Å². The van der Waals surface area contributed by atoms with E-state index >= 15 is 0 Å². The third kappa shape index (κ3) is 4.82. The van der Waals surface area contributed by atoms with E-state index in [0.717, 1.165) is 0 Å². The van der Waals surface area contributed by atoms with Crippen LogP contribution in [0.1, 0.15) is 12.0 Å². The van der Waals surface area contributed by atoms with E-state index in [2.05, 4.69) is 5.32 Å². The predicted octanol–water partition coefficient (Wildman–Crippen LogP) is 0.594. The molecule has 0 atom stereocenters. The molecule has 0 heterocycles. The third-order valence-electron chi connectivity index (χ3n) is 2.38. The topological polar surface area (TPSA) is 105 Å². The molecule has 0 spiro atoms. The number of nitrogens with two attached hydrogens (primary N) is 1. The zero-order valence-corrected chi connectivity index (χ0v) is 11.1. The molecule has 20 heavy (non-hydrogen) atoms. The van der Waals surface area contributed by atoms with E-state index in [9.17, 15) is 9.59 Å². The van der Waals surface area contributed by atoms with Crippen LogP contribution in [0.4, 0.5) is 0 Å². The fourth-order valence-corrected chi connectivity index (χ4v) is 1.41. The van der Waals surface area contributed by atoms with Crippen LogP contribution in [0.25, 0.3) is 6.08 Å². The normalized spacial score (nSPS) is 10.5. The summed E-state index contributed by atoms with van der Waals surface area (Å²) in [6.45, 7) is 0.184. The number of nitriles is 1. The van der Waals surface area contributed by atoms with Crippen molar-refractivity contribution in [3.8, 4) is 11.8 Å². The highest BCUT2D eigenvalue weighted by Crippen LogP contribution is 2.16. The van der Waals surface area contributed by atoms with Gasteiger partial charge in [-0.25, -0.2) is 0 Å². The summed E-state index contributed by atoms with van der Waals surface area (Å²) in [4.78, 5) is 22.0. The van der Waals surface area contributed by atoms with Gasteiger partial charge in [0.2, 0.25) is 5.91 Å². The number of nitrogens with one attached hydrogen (secondary N) is 1. The van der Waals surface area contributed by atoms with Gasteiger partial charge in [-0.2, -0.15) is 5.26 Å². The maximum Gasteiger partial charge on any atom is 0.261 e. The van der Waals surface area contributed by atoms with Gasteiger partial charge in [0.1, 0.15) is 17.4 Å². The Labute approximate surface area is 116 Å². The second-order valence-electron chi connectivity index (χ2n) is 3.89. The van der Waals surface area contributed by atoms with Crippen molar-refractivity contribution in [2.75, 3.05) is 13.7 Å². The van der Waals surface area contributed by atoms with Crippen molar-refractivity contribution >= 4 is 17.9 Å². The molecule has 2 amide bonds. The van der Waals surface area contributed by atoms with Crippen LogP contribution in [-0.4, -0.2) is 25.5 Å². The Morgan fingerprint density at radius 1 is 1.50 bits per heavy atom. The number of hydrogen-bond acceptors (Lipinski definition) is 4. The van der Waals surface area contributed by atoms with Gasteiger partial charge in [-0.15, -0.1) is 0 Å². The highest BCUT2D eigenvalue weighted by Gasteiger charge is 2.06. The minimum absolute atomic E-state index is 0.00165. The van der Waals surface area contributed by atoms with Crippen LogP contribution >= 0.6 is 0 Å². The highest BCUT2D eigenvalue weighted by atomic mass is 16.5. The standard InChI is InChI=1S/C14H15N3O3/c1-17-14(19)11(9-15)7-10-3-2-4-12(8-10)20-6-5-13(16)18/h2-4,7-8H,5-6H2,1H3,(H2,16,18)(H,17,19). The lowest BCUT2D eigenvalue weighted by Crippen LogP contribution is -2.19. The number of likely N-dealkylation sites (N-methyl/N-ethyl adjacent to an activating group) is 1. The van der Waals surface area contributed by atoms with Crippen molar-refractivity contribution < 1.29 is 14.3 Å². The SMILES string of the molecule is CNC(=O)C(C#N)=Cc1cccc(OCCC(N)=O)c1. The molecular formula is C14H15N3O3. The summed E-state index contributed by atoms with van der Waals surface area (Å²) < 4.78 is 5.35. The van der Waals surface area contributed by atoms with Crippen LogP contribution in [0.2, 0.25) is 0 Å². The van der Waals surface area contributed by atoms with Gasteiger partial charge in [0.05, 0.1) is 13.0 Å². The third-order valence-corrected chi connectivity index (χ3v) is 2.38. The van der Waals surface area contributed by atoms with E-state index in [1.54, 1.807) is 24.3 Å². The van der Waals surface area contributed by atoms with Crippen molar-refractivity contribution in [2.24, 2.45) is 5.73 Å². The maximum absolute atomic E-state index is 11.4. The zero-order valence-electron chi connectivity index (χ0n) is 11.1. The molecule has 6 nitrogen and oxygen atoms in total. The fraction of sp³-hybridized carbons (Fsp3) is 0.214. The van der Waals surface area contributed by atoms with Crippen LogP contribution in [0.5, 0.6) is 5.75 Å². The minimum atomic E-state index is -0.451. The summed E-state index contributed by atoms with van der Waals surface area (Å²) in [5.41, 5.74) is 5.67. The zero-order chi connectivity index (χ0) is 15.0. The van der Waals surface area contributed by atoms with Crippen molar-refractivity contribution in [1.82, 2.24) is 5.32 Å². The summed E-state index contributed by atoms with van der Waals surface area (Å²) in [7, 11) is 1.46. The smallest absolute Gasteiger partial charge is 0.261 e. The Kier molecular flexibility index (Phi) is 5.78. The van der Waals surface area contributed by atoms with E-state index in [4.69, 9.17) is 15.7 Å². The van der Waals surface area contributed by atoms with Gasteiger partial charge in [-0.3, -0.25) is 9.59 Å². The number of amides is 2. The van der Waals surface area contributed by atoms with Crippen LogP contribution < -0.4 is 15.8 Å². The van der Waals surface area contributed by atoms with Crippen molar-refractivity contribution in [3.63, 3.8) is 0 Å². The molecule has 0 aromatic heterocycles. The van der Waals surface area contributed by atoms with Crippen LogP contribution in [0.3, 0.4) is 0 Å². The molecule has 0 aliphatic heterocycles. The van der Waals surface area contributed by atoms with Gasteiger partial charge in [0.25, 0.3) is 5.91 Å². The molecule has 0 unspecified atom stereocenters. The summed E-state index contributed by atoms with van der Waals surface area (Å²) >= 11 is 0. The average molecular weight is 273 g/mol. The highest BCUT2D eigenvalue weighted by molar-refractivity contribution is 6.01. The van der Waals surface area contributed by atoms with Crippen molar-refractivity contribution in [2.45, 2.75) is 6.42 Å². The largest absolute Gasteiger partial charge is 0.493 e. The molecule has 1 aromatic rings. The van der Waals surface area contributed by atoms with E-state index < -0.39 is 11.8 Å². The molecule has 104 valence electrons. The molecule has 0 saturated carbocycles. The lowest BCUT2D eigenvalue weighted by molar-refractivity contribution is -0.118. The maximum atomic E-state index is 11.4. The summed E-state index contributed by atoms with van der Waals surface area (Å²) in [6, 6.07) is 8.67. The molecule has 0 aliphatic carbocycles. The number of carbonyl (C=O) groups is 2. The number of nitrogens with zero attached hydrogens (tertiary/aromatic N) is 1. The lowest BCUT2D eigenvalue weighted by atomic mass is 10.1. The number of carbonyl (C=O) groups excluding carboxylic acids is 2. The number of primary amides is 1. The molecule has 0 fully saturated rings. The molecule has 1 aromatic carbocycles. The molecule has 0 radical (unpaired) electrons. The Morgan fingerprint density at radius 2 is 2.25 bits per heavy atom. The summed E-state index contributed by atoms with van der Waals surface area (Å²) in [5, 5.41) is 11.3. The van der Waals surface area contributed by atoms with E-state index in [0.29, 0.717) is 11.3 Å². The second kappa shape index (κ2) is 7.59. The lowest BCUT2D eigenvalue weighted by Gasteiger charge is -2.05. The first-order chi connectivity index (χ1) is 9.56. The van der Waals surface area contributed by atoms with E-state index in [1.807, 2.05) is 6.07 Å². The molecule has 3 N–H and O–H groups in total. The van der Waals surface area contributed by atoms with Crippen LogP contribution in [0, 0.1) is 11.3 Å². The summed E-state index contributed by atoms with van der Waals surface area (Å²) in [5.74, 6) is -0.353. The Morgan fingerprint density at radius 3 is 2.85 bits per heavy atom. The number of rotatable bonds is 6. The van der Waals surface area contributed by atoms with E-state index in [1.165, 1.54) is 13.1 Å². The molecular weight excluding hydrogens is 258 g/mol. The quantitative estimate of drug-likeness (QED) is 0.584. The van der Waals surface area contributed by atoms with Gasteiger partial charge >= 0.3 is 0 Å². The van der Waals surface area contributed by atoms with Gasteiger partial charge in [-0.05, 0) is 23.8 Å². The van der Waals surface area contributed by atoms with Crippen LogP contribution in [-0.2, 0) is 9.59 Å². The van der Waals surface area contributed by atoms with Gasteiger partial charge in [-0.1, -0.05) is 12.1 Å². The Bertz CT molecular complexity index is 573. The molecule has 0 aliphatic rings. The first-order valence-electron chi connectivity index (χ1n) is 5.92. The van der Waals surface area contributed by atoms with Crippen molar-refractivity contribution in [1.29, 1.82) is 5.26 Å². The van der Waals surface area contributed by atoms with Gasteiger partial charge in [0.15, 0.2) is 0 Å². The molecule has 6 heteroatoms. The monoisotopic (exact) mass is 273 g/mol. The molecule has 0 bridgehead atoms.